The van der Waals surface area contributed by atoms with Gasteiger partial charge in [0.25, 0.3) is 0 Å². The fraction of sp³-hybridized carbons (Fsp3) is 0.867. The molecule has 2 fully saturated rings. The SMILES string of the molecule is CC1=COC(OC2OC(CO)C(O)C(O)C2O)C2C(O)CCC12. The molecule has 0 aromatic rings. The third kappa shape index (κ3) is 3.00. The van der Waals surface area contributed by atoms with Crippen LogP contribution in [0.2, 0.25) is 0 Å². The Hall–Kier alpha value is -0.740. The lowest BCUT2D eigenvalue weighted by atomic mass is 9.87. The molecule has 2 aliphatic heterocycles. The predicted octanol–water partition coefficient (Wildman–Crippen LogP) is -1.55. The Balaban J connectivity index is 1.73. The molecule has 1 saturated carbocycles. The standard InChI is InChI=1S/C15H24O8/c1-6-5-21-14(10-7(6)2-3-8(10)17)23-15-13(20)12(19)11(18)9(4-16)22-15/h5,7-20H,2-4H2,1H3. The van der Waals surface area contributed by atoms with Crippen molar-refractivity contribution in [3.05, 3.63) is 11.8 Å². The van der Waals surface area contributed by atoms with E-state index in [0.29, 0.717) is 6.42 Å². The van der Waals surface area contributed by atoms with Crippen molar-refractivity contribution in [2.75, 3.05) is 6.61 Å². The van der Waals surface area contributed by atoms with Crippen molar-refractivity contribution in [1.82, 2.24) is 0 Å². The molecule has 5 N–H and O–H groups in total. The highest BCUT2D eigenvalue weighted by Gasteiger charge is 2.49. The molecule has 3 rings (SSSR count). The second-order valence-electron chi connectivity index (χ2n) is 6.53. The number of aliphatic hydroxyl groups is 5. The van der Waals surface area contributed by atoms with E-state index >= 15 is 0 Å². The van der Waals surface area contributed by atoms with Crippen LogP contribution in [0.15, 0.2) is 11.8 Å². The van der Waals surface area contributed by atoms with Crippen molar-refractivity contribution in [1.29, 1.82) is 0 Å². The molecule has 23 heavy (non-hydrogen) atoms. The van der Waals surface area contributed by atoms with Gasteiger partial charge in [0, 0.05) is 0 Å². The second kappa shape index (κ2) is 6.64. The van der Waals surface area contributed by atoms with Gasteiger partial charge in [-0.05, 0) is 31.3 Å². The van der Waals surface area contributed by atoms with Crippen LogP contribution < -0.4 is 0 Å². The van der Waals surface area contributed by atoms with Crippen LogP contribution in [0.4, 0.5) is 0 Å². The topological polar surface area (TPSA) is 129 Å². The molecule has 0 aromatic carbocycles. The van der Waals surface area contributed by atoms with Gasteiger partial charge in [-0.3, -0.25) is 0 Å². The van der Waals surface area contributed by atoms with Gasteiger partial charge < -0.3 is 39.7 Å². The third-order valence-corrected chi connectivity index (χ3v) is 5.09. The smallest absolute Gasteiger partial charge is 0.207 e. The number of aliphatic hydroxyl groups excluding tert-OH is 5. The van der Waals surface area contributed by atoms with Gasteiger partial charge in [0.05, 0.1) is 24.9 Å². The van der Waals surface area contributed by atoms with Crippen molar-refractivity contribution in [3.8, 4) is 0 Å². The summed E-state index contributed by atoms with van der Waals surface area (Å²) >= 11 is 0. The number of hydrogen-bond acceptors (Lipinski definition) is 8. The van der Waals surface area contributed by atoms with Crippen LogP contribution in [0.5, 0.6) is 0 Å². The van der Waals surface area contributed by atoms with Gasteiger partial charge in [0.1, 0.15) is 24.4 Å². The Morgan fingerprint density at radius 2 is 1.83 bits per heavy atom. The van der Waals surface area contributed by atoms with E-state index in [2.05, 4.69) is 0 Å². The van der Waals surface area contributed by atoms with Crippen molar-refractivity contribution < 1.29 is 39.7 Å². The molecule has 1 saturated heterocycles. The molecule has 0 bridgehead atoms. The van der Waals surface area contributed by atoms with Crippen LogP contribution in [0.3, 0.4) is 0 Å². The molecule has 0 spiro atoms. The summed E-state index contributed by atoms with van der Waals surface area (Å²) in [6.45, 7) is 1.41. The zero-order valence-electron chi connectivity index (χ0n) is 12.9. The molecule has 0 aromatic heterocycles. The summed E-state index contributed by atoms with van der Waals surface area (Å²) in [6.07, 6.45) is -5.11. The van der Waals surface area contributed by atoms with Crippen LogP contribution in [0.25, 0.3) is 0 Å². The minimum Gasteiger partial charge on any atom is -0.472 e. The molecule has 0 radical (unpaired) electrons. The first kappa shape index (κ1) is 17.1. The van der Waals surface area contributed by atoms with Crippen LogP contribution in [-0.4, -0.2) is 75.2 Å². The molecule has 8 heteroatoms. The summed E-state index contributed by atoms with van der Waals surface area (Å²) in [4.78, 5) is 0. The van der Waals surface area contributed by atoms with Crippen LogP contribution in [0.1, 0.15) is 19.8 Å². The van der Waals surface area contributed by atoms with Crippen molar-refractivity contribution in [2.24, 2.45) is 11.8 Å². The number of hydrogen-bond donors (Lipinski definition) is 5. The van der Waals surface area contributed by atoms with Crippen LogP contribution in [0, 0.1) is 11.8 Å². The van der Waals surface area contributed by atoms with E-state index in [1.54, 1.807) is 6.26 Å². The van der Waals surface area contributed by atoms with Gasteiger partial charge in [0.2, 0.25) is 6.29 Å². The fourth-order valence-electron chi connectivity index (χ4n) is 3.69. The lowest BCUT2D eigenvalue weighted by Gasteiger charge is -2.42. The van der Waals surface area contributed by atoms with Crippen molar-refractivity contribution >= 4 is 0 Å². The second-order valence-corrected chi connectivity index (χ2v) is 6.53. The van der Waals surface area contributed by atoms with Gasteiger partial charge >= 0.3 is 0 Å². The maximum absolute atomic E-state index is 10.2. The summed E-state index contributed by atoms with van der Waals surface area (Å²) < 4.78 is 16.5. The summed E-state index contributed by atoms with van der Waals surface area (Å²) in [5, 5.41) is 49.0. The fourth-order valence-corrected chi connectivity index (χ4v) is 3.69. The Morgan fingerprint density at radius 3 is 2.52 bits per heavy atom. The quantitative estimate of drug-likeness (QED) is 0.420. The van der Waals surface area contributed by atoms with Crippen LogP contribution >= 0.6 is 0 Å². The van der Waals surface area contributed by atoms with Crippen molar-refractivity contribution in [3.63, 3.8) is 0 Å². The highest BCUT2D eigenvalue weighted by atomic mass is 16.8. The lowest BCUT2D eigenvalue weighted by molar-refractivity contribution is -0.343. The maximum Gasteiger partial charge on any atom is 0.207 e. The van der Waals surface area contributed by atoms with Gasteiger partial charge in [0.15, 0.2) is 6.29 Å². The Morgan fingerprint density at radius 1 is 1.09 bits per heavy atom. The first-order valence-corrected chi connectivity index (χ1v) is 7.90. The zero-order valence-corrected chi connectivity index (χ0v) is 12.9. The van der Waals surface area contributed by atoms with E-state index < -0.39 is 49.7 Å². The molecule has 2 heterocycles. The molecule has 9 atom stereocenters. The molecule has 0 amide bonds. The minimum atomic E-state index is -1.50. The van der Waals surface area contributed by atoms with Crippen molar-refractivity contribution in [2.45, 2.75) is 62.9 Å². The normalized spacial score (nSPS) is 50.2. The highest BCUT2D eigenvalue weighted by molar-refractivity contribution is 5.10. The zero-order chi connectivity index (χ0) is 16.7. The average molecular weight is 332 g/mol. The monoisotopic (exact) mass is 332 g/mol. The lowest BCUT2D eigenvalue weighted by Crippen LogP contribution is -2.60. The summed E-state index contributed by atoms with van der Waals surface area (Å²) in [5.74, 6) is -0.152. The van der Waals surface area contributed by atoms with Gasteiger partial charge in [-0.25, -0.2) is 0 Å². The molecule has 9 unspecified atom stereocenters. The average Bonchev–Trinajstić information content (AvgIpc) is 2.93. The Bertz CT molecular complexity index is 453. The molecule has 3 aliphatic rings. The molecule has 1 aliphatic carbocycles. The highest BCUT2D eigenvalue weighted by Crippen LogP contribution is 2.43. The van der Waals surface area contributed by atoms with E-state index in [4.69, 9.17) is 14.2 Å². The van der Waals surface area contributed by atoms with E-state index in [0.717, 1.165) is 12.0 Å². The number of fused-ring (bicyclic) bond motifs is 1. The number of allylic oxidation sites excluding steroid dienone is 1. The summed E-state index contributed by atoms with van der Waals surface area (Å²) in [6, 6.07) is 0. The number of rotatable bonds is 3. The van der Waals surface area contributed by atoms with E-state index in [1.807, 2.05) is 6.92 Å². The predicted molar refractivity (Wildman–Crippen MR) is 75.7 cm³/mol. The molecular weight excluding hydrogens is 308 g/mol. The molecule has 132 valence electrons. The van der Waals surface area contributed by atoms with Gasteiger partial charge in [-0.15, -0.1) is 0 Å². The molecule has 8 nitrogen and oxygen atoms in total. The first-order chi connectivity index (χ1) is 10.9. The third-order valence-electron chi connectivity index (χ3n) is 5.09. The summed E-state index contributed by atoms with van der Waals surface area (Å²) in [5.41, 5.74) is 1.03. The minimum absolute atomic E-state index is 0.133. The first-order valence-electron chi connectivity index (χ1n) is 7.90. The Kier molecular flexibility index (Phi) is 4.93. The van der Waals surface area contributed by atoms with Gasteiger partial charge in [-0.1, -0.05) is 0 Å². The van der Waals surface area contributed by atoms with E-state index in [1.165, 1.54) is 0 Å². The maximum atomic E-state index is 10.2. The number of ether oxygens (including phenoxy) is 3. The van der Waals surface area contributed by atoms with Crippen LogP contribution in [-0.2, 0) is 14.2 Å². The van der Waals surface area contributed by atoms with E-state index in [-0.39, 0.29) is 11.8 Å². The van der Waals surface area contributed by atoms with Gasteiger partial charge in [-0.2, -0.15) is 0 Å². The summed E-state index contributed by atoms with van der Waals surface area (Å²) in [7, 11) is 0. The Labute approximate surface area is 133 Å². The molecular formula is C15H24O8. The van der Waals surface area contributed by atoms with E-state index in [9.17, 15) is 25.5 Å². The largest absolute Gasteiger partial charge is 0.472 e.